The van der Waals surface area contributed by atoms with Crippen LogP contribution in [0.1, 0.15) is 15.9 Å². The summed E-state index contributed by atoms with van der Waals surface area (Å²) in [6, 6.07) is 9.22. The van der Waals surface area contributed by atoms with Gasteiger partial charge in [-0.05, 0) is 30.7 Å². The van der Waals surface area contributed by atoms with Gasteiger partial charge in [-0.1, -0.05) is 23.7 Å². The normalized spacial score (nSPS) is 11.0. The Balaban J connectivity index is 2.00. The van der Waals surface area contributed by atoms with E-state index in [2.05, 4.69) is 20.1 Å². The minimum Gasteiger partial charge on any atom is -0.495 e. The number of para-hydroxylation sites is 1. The van der Waals surface area contributed by atoms with E-state index in [0.29, 0.717) is 22.0 Å². The molecule has 12 heteroatoms. The zero-order chi connectivity index (χ0) is 24.6. The van der Waals surface area contributed by atoms with Crippen LogP contribution in [0.4, 0.5) is 24.5 Å². The van der Waals surface area contributed by atoms with Crippen molar-refractivity contribution in [1.82, 2.24) is 0 Å². The van der Waals surface area contributed by atoms with Crippen LogP contribution in [0.5, 0.6) is 5.75 Å². The van der Waals surface area contributed by atoms with Gasteiger partial charge in [0.1, 0.15) is 19.0 Å². The first-order valence-corrected chi connectivity index (χ1v) is 9.72. The van der Waals surface area contributed by atoms with Gasteiger partial charge in [-0.25, -0.2) is 4.79 Å². The summed E-state index contributed by atoms with van der Waals surface area (Å²) in [4.78, 5) is 36.3. The SMILES string of the molecule is COc1cc(Cl)c(C)cc1NC(=O)c1ccccc1NC(=O)COC(=O)COCC(F)(F)F. The second-order valence-electron chi connectivity index (χ2n) is 6.62. The first kappa shape index (κ1) is 25.9. The number of anilines is 2. The highest BCUT2D eigenvalue weighted by Gasteiger charge is 2.28. The molecule has 0 aliphatic heterocycles. The fourth-order valence-electron chi connectivity index (χ4n) is 2.53. The highest BCUT2D eigenvalue weighted by Crippen LogP contribution is 2.31. The average molecular weight is 489 g/mol. The van der Waals surface area contributed by atoms with E-state index >= 15 is 0 Å². The number of halogens is 4. The number of aryl methyl sites for hydroxylation is 1. The summed E-state index contributed by atoms with van der Waals surface area (Å²) in [6.07, 6.45) is -4.59. The summed E-state index contributed by atoms with van der Waals surface area (Å²) in [5.74, 6) is -2.19. The van der Waals surface area contributed by atoms with Crippen molar-refractivity contribution in [3.05, 3.63) is 52.5 Å². The molecule has 0 fully saturated rings. The molecule has 2 N–H and O–H groups in total. The average Bonchev–Trinajstić information content (AvgIpc) is 2.74. The number of benzene rings is 2. The van der Waals surface area contributed by atoms with E-state index in [1.165, 1.54) is 19.2 Å². The van der Waals surface area contributed by atoms with E-state index in [1.54, 1.807) is 31.2 Å². The Morgan fingerprint density at radius 1 is 1.03 bits per heavy atom. The van der Waals surface area contributed by atoms with E-state index in [9.17, 15) is 27.6 Å². The molecule has 0 saturated heterocycles. The molecule has 0 aromatic heterocycles. The van der Waals surface area contributed by atoms with Crippen LogP contribution in [0.25, 0.3) is 0 Å². The lowest BCUT2D eigenvalue weighted by Crippen LogP contribution is -2.26. The van der Waals surface area contributed by atoms with Crippen molar-refractivity contribution in [1.29, 1.82) is 0 Å². The first-order valence-electron chi connectivity index (χ1n) is 9.34. The topological polar surface area (TPSA) is 103 Å². The van der Waals surface area contributed by atoms with Crippen molar-refractivity contribution in [2.24, 2.45) is 0 Å². The van der Waals surface area contributed by atoms with Crippen molar-refractivity contribution in [3.63, 3.8) is 0 Å². The van der Waals surface area contributed by atoms with Crippen LogP contribution in [0.3, 0.4) is 0 Å². The van der Waals surface area contributed by atoms with Crippen LogP contribution in [0, 0.1) is 6.92 Å². The van der Waals surface area contributed by atoms with Gasteiger partial charge in [-0.15, -0.1) is 0 Å². The number of rotatable bonds is 9. The maximum atomic E-state index is 12.8. The van der Waals surface area contributed by atoms with Crippen LogP contribution in [-0.2, 0) is 19.1 Å². The maximum Gasteiger partial charge on any atom is 0.411 e. The molecule has 0 unspecified atom stereocenters. The third-order valence-corrected chi connectivity index (χ3v) is 4.43. The fourth-order valence-corrected chi connectivity index (χ4v) is 2.69. The van der Waals surface area contributed by atoms with Gasteiger partial charge in [0.25, 0.3) is 11.8 Å². The maximum absolute atomic E-state index is 12.8. The van der Waals surface area contributed by atoms with Crippen molar-refractivity contribution >= 4 is 40.8 Å². The van der Waals surface area contributed by atoms with Gasteiger partial charge in [0, 0.05) is 11.1 Å². The van der Waals surface area contributed by atoms with E-state index < -0.39 is 43.8 Å². The van der Waals surface area contributed by atoms with Gasteiger partial charge in [0.2, 0.25) is 0 Å². The molecule has 0 bridgehead atoms. The number of amides is 2. The quantitative estimate of drug-likeness (QED) is 0.518. The predicted molar refractivity (Wildman–Crippen MR) is 114 cm³/mol. The lowest BCUT2D eigenvalue weighted by atomic mass is 10.1. The molecule has 0 spiro atoms. The number of hydrogen-bond donors (Lipinski definition) is 2. The third-order valence-electron chi connectivity index (χ3n) is 4.02. The Bertz CT molecular complexity index is 1030. The van der Waals surface area contributed by atoms with Crippen LogP contribution in [0.15, 0.2) is 36.4 Å². The van der Waals surface area contributed by atoms with Gasteiger partial charge >= 0.3 is 12.1 Å². The fraction of sp³-hybridized carbons (Fsp3) is 0.286. The van der Waals surface area contributed by atoms with Crippen LogP contribution in [0.2, 0.25) is 5.02 Å². The van der Waals surface area contributed by atoms with E-state index in [0.717, 1.165) is 0 Å². The minimum absolute atomic E-state index is 0.0975. The standard InChI is InChI=1S/C21H20ClF3N2O6/c1-12-7-16(17(31-2)8-14(12)22)27-20(30)13-5-3-4-6-15(13)26-18(28)9-33-19(29)10-32-11-21(23,24)25/h3-8H,9-11H2,1-2H3,(H,26,28)(H,27,30). The molecule has 0 radical (unpaired) electrons. The summed E-state index contributed by atoms with van der Waals surface area (Å²) < 4.78 is 49.9. The van der Waals surface area contributed by atoms with Gasteiger partial charge in [0.15, 0.2) is 6.61 Å². The monoisotopic (exact) mass is 488 g/mol. The molecule has 2 aromatic rings. The number of methoxy groups -OCH3 is 1. The molecule has 0 aliphatic carbocycles. The molecule has 0 atom stereocenters. The second-order valence-corrected chi connectivity index (χ2v) is 7.03. The van der Waals surface area contributed by atoms with Gasteiger partial charge in [0.05, 0.1) is 24.0 Å². The van der Waals surface area contributed by atoms with Crippen LogP contribution < -0.4 is 15.4 Å². The lowest BCUT2D eigenvalue weighted by molar-refractivity contribution is -0.181. The first-order chi connectivity index (χ1) is 15.5. The Labute approximate surface area is 191 Å². The number of carbonyl (C=O) groups is 3. The minimum atomic E-state index is -4.59. The van der Waals surface area contributed by atoms with E-state index in [4.69, 9.17) is 16.3 Å². The number of alkyl halides is 3. The molecule has 0 saturated carbocycles. The molecule has 0 heterocycles. The summed E-state index contributed by atoms with van der Waals surface area (Å²) in [7, 11) is 1.42. The molecule has 2 amide bonds. The zero-order valence-corrected chi connectivity index (χ0v) is 18.3. The molecule has 2 rings (SSSR count). The van der Waals surface area contributed by atoms with Crippen LogP contribution >= 0.6 is 11.6 Å². The number of esters is 1. The lowest BCUT2D eigenvalue weighted by Gasteiger charge is -2.14. The predicted octanol–water partition coefficient (Wildman–Crippen LogP) is 3.97. The Hall–Kier alpha value is -3.31. The summed E-state index contributed by atoms with van der Waals surface area (Å²) in [6.45, 7) is -1.61. The molecule has 2 aromatic carbocycles. The summed E-state index contributed by atoms with van der Waals surface area (Å²) in [5.41, 5.74) is 1.28. The molecule has 33 heavy (non-hydrogen) atoms. The van der Waals surface area contributed by atoms with Crippen molar-refractivity contribution in [2.45, 2.75) is 13.1 Å². The third kappa shape index (κ3) is 8.28. The van der Waals surface area contributed by atoms with Crippen molar-refractivity contribution in [3.8, 4) is 5.75 Å². The number of hydrogen-bond acceptors (Lipinski definition) is 6. The largest absolute Gasteiger partial charge is 0.495 e. The Kier molecular flexibility index (Phi) is 9.06. The van der Waals surface area contributed by atoms with E-state index in [-0.39, 0.29) is 11.3 Å². The summed E-state index contributed by atoms with van der Waals surface area (Å²) in [5, 5.41) is 5.54. The highest BCUT2D eigenvalue weighted by atomic mass is 35.5. The molecule has 8 nitrogen and oxygen atoms in total. The molecule has 178 valence electrons. The second kappa shape index (κ2) is 11.5. The molecular weight excluding hydrogens is 469 g/mol. The smallest absolute Gasteiger partial charge is 0.411 e. The van der Waals surface area contributed by atoms with E-state index in [1.807, 2.05) is 0 Å². The number of nitrogens with one attached hydrogen (secondary N) is 2. The number of ether oxygens (including phenoxy) is 3. The highest BCUT2D eigenvalue weighted by molar-refractivity contribution is 6.31. The van der Waals surface area contributed by atoms with Crippen molar-refractivity contribution in [2.75, 3.05) is 37.6 Å². The van der Waals surface area contributed by atoms with Crippen molar-refractivity contribution < 1.29 is 41.8 Å². The Morgan fingerprint density at radius 2 is 1.73 bits per heavy atom. The van der Waals surface area contributed by atoms with Gasteiger partial charge in [-0.2, -0.15) is 13.2 Å². The van der Waals surface area contributed by atoms with Gasteiger partial charge in [-0.3, -0.25) is 9.59 Å². The van der Waals surface area contributed by atoms with Gasteiger partial charge < -0.3 is 24.8 Å². The number of carbonyl (C=O) groups excluding carboxylic acids is 3. The zero-order valence-electron chi connectivity index (χ0n) is 17.5. The Morgan fingerprint density at radius 3 is 2.39 bits per heavy atom. The summed E-state index contributed by atoms with van der Waals surface area (Å²) >= 11 is 6.07. The van der Waals surface area contributed by atoms with Crippen LogP contribution in [-0.4, -0.2) is 50.9 Å². The molecular formula is C21H20ClF3N2O6. The molecule has 0 aliphatic rings.